The summed E-state index contributed by atoms with van der Waals surface area (Å²) in [6.45, 7) is 14.9. The molecule has 1 amide bonds. The predicted octanol–water partition coefficient (Wildman–Crippen LogP) is 5.94. The van der Waals surface area contributed by atoms with E-state index >= 15 is 0 Å². The van der Waals surface area contributed by atoms with Gasteiger partial charge in [0, 0.05) is 67.9 Å². The standard InChI is InChI=1S/C30H36Cl2N4O/c1-21(2)29-30(20-33-28-19-25(32)8-9-27(28)30)26(23-6-4-7-24(31)18-23)10-13-36(29)12-5-11-34-14-16-35(17-15-34)22(3)37/h4,6-9,18-20,26,29H,1,5,10-17H2,2-3H3/t26-,29+,30-/m0/s1. The molecule has 37 heavy (non-hydrogen) atoms. The fourth-order valence-electron chi connectivity index (χ4n) is 6.78. The molecule has 3 aliphatic heterocycles. The lowest BCUT2D eigenvalue weighted by atomic mass is 9.59. The Bertz CT molecular complexity index is 1210. The van der Waals surface area contributed by atoms with Crippen molar-refractivity contribution in [2.45, 2.75) is 44.1 Å². The highest BCUT2D eigenvalue weighted by Crippen LogP contribution is 2.55. The van der Waals surface area contributed by atoms with E-state index in [1.807, 2.05) is 29.2 Å². The van der Waals surface area contributed by atoms with Crippen molar-refractivity contribution in [3.8, 4) is 0 Å². The fourth-order valence-corrected chi connectivity index (χ4v) is 7.15. The molecule has 2 fully saturated rings. The number of aliphatic imine (C=N–C) groups is 1. The second-order valence-corrected chi connectivity index (χ2v) is 11.6. The SMILES string of the molecule is C=C(C)[C@H]1N(CCCN2CCN(C(C)=O)CC2)CC[C@@H](c2cccc(Cl)c2)[C@]12C=Nc1cc(Cl)ccc12. The van der Waals surface area contributed by atoms with Gasteiger partial charge in [-0.2, -0.15) is 0 Å². The molecule has 1 spiro atoms. The van der Waals surface area contributed by atoms with Crippen LogP contribution in [0.15, 0.2) is 59.6 Å². The van der Waals surface area contributed by atoms with Gasteiger partial charge in [-0.15, -0.1) is 0 Å². The summed E-state index contributed by atoms with van der Waals surface area (Å²) in [7, 11) is 0. The number of fused-ring (bicyclic) bond motifs is 2. The highest BCUT2D eigenvalue weighted by Gasteiger charge is 2.54. The Kier molecular flexibility index (Phi) is 7.78. The van der Waals surface area contributed by atoms with E-state index in [0.29, 0.717) is 5.02 Å². The van der Waals surface area contributed by atoms with E-state index in [1.54, 1.807) is 6.92 Å². The second-order valence-electron chi connectivity index (χ2n) is 10.7. The van der Waals surface area contributed by atoms with E-state index in [1.165, 1.54) is 11.1 Å². The molecular formula is C30H36Cl2N4O. The van der Waals surface area contributed by atoms with Gasteiger partial charge in [-0.25, -0.2) is 0 Å². The molecule has 2 aromatic carbocycles. The van der Waals surface area contributed by atoms with Crippen LogP contribution in [0.4, 0.5) is 5.69 Å². The fraction of sp³-hybridized carbons (Fsp3) is 0.467. The van der Waals surface area contributed by atoms with E-state index in [4.69, 9.17) is 28.2 Å². The smallest absolute Gasteiger partial charge is 0.219 e. The summed E-state index contributed by atoms with van der Waals surface area (Å²) < 4.78 is 0. The summed E-state index contributed by atoms with van der Waals surface area (Å²) >= 11 is 12.8. The number of hydrogen-bond acceptors (Lipinski definition) is 4. The quantitative estimate of drug-likeness (QED) is 0.427. The molecule has 0 aliphatic carbocycles. The van der Waals surface area contributed by atoms with Gasteiger partial charge in [0.15, 0.2) is 0 Å². The number of piperazine rings is 1. The van der Waals surface area contributed by atoms with Crippen molar-refractivity contribution in [1.29, 1.82) is 0 Å². The summed E-state index contributed by atoms with van der Waals surface area (Å²) in [5, 5.41) is 1.47. The molecule has 3 heterocycles. The molecule has 5 nitrogen and oxygen atoms in total. The van der Waals surface area contributed by atoms with Gasteiger partial charge >= 0.3 is 0 Å². The first-order valence-electron chi connectivity index (χ1n) is 13.3. The van der Waals surface area contributed by atoms with Crippen molar-refractivity contribution in [2.75, 3.05) is 45.8 Å². The molecule has 196 valence electrons. The zero-order valence-corrected chi connectivity index (χ0v) is 23.3. The summed E-state index contributed by atoms with van der Waals surface area (Å²) in [5.41, 5.74) is 4.24. The number of piperidine rings is 1. The third-order valence-corrected chi connectivity index (χ3v) is 8.87. The topological polar surface area (TPSA) is 39.1 Å². The maximum absolute atomic E-state index is 11.7. The maximum atomic E-state index is 11.7. The largest absolute Gasteiger partial charge is 0.340 e. The molecular weight excluding hydrogens is 503 g/mol. The van der Waals surface area contributed by atoms with Gasteiger partial charge in [0.2, 0.25) is 5.91 Å². The minimum Gasteiger partial charge on any atom is -0.340 e. The summed E-state index contributed by atoms with van der Waals surface area (Å²) in [5.74, 6) is 0.409. The number of likely N-dealkylation sites (tertiary alicyclic amines) is 1. The molecule has 0 aromatic heterocycles. The average Bonchev–Trinajstić information content (AvgIpc) is 3.22. The molecule has 0 unspecified atom stereocenters. The molecule has 5 rings (SSSR count). The van der Waals surface area contributed by atoms with Crippen LogP contribution >= 0.6 is 23.2 Å². The normalized spacial score (nSPS) is 26.0. The minimum absolute atomic E-state index is 0.117. The molecule has 0 radical (unpaired) electrons. The van der Waals surface area contributed by atoms with Gasteiger partial charge in [0.05, 0.1) is 11.1 Å². The Morgan fingerprint density at radius 2 is 1.78 bits per heavy atom. The van der Waals surface area contributed by atoms with Crippen LogP contribution in [0.3, 0.4) is 0 Å². The van der Waals surface area contributed by atoms with Crippen LogP contribution in [-0.4, -0.2) is 78.7 Å². The van der Waals surface area contributed by atoms with Gasteiger partial charge in [0.1, 0.15) is 0 Å². The first kappa shape index (κ1) is 26.4. The van der Waals surface area contributed by atoms with Crippen LogP contribution in [0.5, 0.6) is 0 Å². The average molecular weight is 540 g/mol. The molecule has 2 saturated heterocycles. The summed E-state index contributed by atoms with van der Waals surface area (Å²) in [4.78, 5) is 23.6. The van der Waals surface area contributed by atoms with Crippen LogP contribution in [0, 0.1) is 0 Å². The number of carbonyl (C=O) groups is 1. The molecule has 2 aromatic rings. The molecule has 7 heteroatoms. The van der Waals surface area contributed by atoms with Gasteiger partial charge < -0.3 is 4.90 Å². The van der Waals surface area contributed by atoms with Crippen molar-refractivity contribution in [2.24, 2.45) is 4.99 Å². The van der Waals surface area contributed by atoms with Gasteiger partial charge in [-0.3, -0.25) is 19.6 Å². The van der Waals surface area contributed by atoms with E-state index in [2.05, 4.69) is 47.7 Å². The summed E-state index contributed by atoms with van der Waals surface area (Å²) in [6, 6.07) is 14.5. The van der Waals surface area contributed by atoms with Crippen LogP contribution in [0.1, 0.15) is 43.7 Å². The summed E-state index contributed by atoms with van der Waals surface area (Å²) in [6.07, 6.45) is 4.26. The molecule has 0 bridgehead atoms. The van der Waals surface area contributed by atoms with Crippen molar-refractivity contribution in [1.82, 2.24) is 14.7 Å². The van der Waals surface area contributed by atoms with E-state index in [0.717, 1.165) is 74.9 Å². The molecule has 3 atom stereocenters. The highest BCUT2D eigenvalue weighted by molar-refractivity contribution is 6.31. The lowest BCUT2D eigenvalue weighted by Crippen LogP contribution is -2.59. The number of amides is 1. The highest BCUT2D eigenvalue weighted by atomic mass is 35.5. The molecule has 0 saturated carbocycles. The maximum Gasteiger partial charge on any atom is 0.219 e. The third-order valence-electron chi connectivity index (χ3n) is 8.40. The molecule has 3 aliphatic rings. The van der Waals surface area contributed by atoms with Gasteiger partial charge in [-0.05, 0) is 68.2 Å². The van der Waals surface area contributed by atoms with Crippen LogP contribution in [0.25, 0.3) is 0 Å². The number of carbonyl (C=O) groups excluding carboxylic acids is 1. The lowest BCUT2D eigenvalue weighted by molar-refractivity contribution is -0.130. The van der Waals surface area contributed by atoms with Crippen LogP contribution in [-0.2, 0) is 10.2 Å². The van der Waals surface area contributed by atoms with Crippen molar-refractivity contribution in [3.05, 3.63) is 75.8 Å². The first-order valence-corrected chi connectivity index (χ1v) is 14.0. The number of benzene rings is 2. The Morgan fingerprint density at radius 3 is 2.49 bits per heavy atom. The second kappa shape index (κ2) is 10.9. The van der Waals surface area contributed by atoms with Crippen molar-refractivity contribution < 1.29 is 4.79 Å². The van der Waals surface area contributed by atoms with E-state index in [9.17, 15) is 4.79 Å². The zero-order valence-electron chi connectivity index (χ0n) is 21.8. The predicted molar refractivity (Wildman–Crippen MR) is 154 cm³/mol. The van der Waals surface area contributed by atoms with Crippen molar-refractivity contribution in [3.63, 3.8) is 0 Å². The van der Waals surface area contributed by atoms with Crippen molar-refractivity contribution >= 4 is 41.0 Å². The zero-order chi connectivity index (χ0) is 26.2. The number of nitrogens with zero attached hydrogens (tertiary/aromatic N) is 4. The lowest BCUT2D eigenvalue weighted by Gasteiger charge is -2.53. The van der Waals surface area contributed by atoms with Gasteiger partial charge in [-0.1, -0.05) is 53.6 Å². The minimum atomic E-state index is -0.332. The number of halogens is 2. The number of rotatable bonds is 6. The first-order chi connectivity index (χ1) is 17.8. The van der Waals surface area contributed by atoms with E-state index in [-0.39, 0.29) is 23.3 Å². The monoisotopic (exact) mass is 538 g/mol. The van der Waals surface area contributed by atoms with Gasteiger partial charge in [0.25, 0.3) is 0 Å². The Hall–Kier alpha value is -2.18. The Labute approximate surface area is 230 Å². The Balaban J connectivity index is 1.41. The molecule has 0 N–H and O–H groups in total. The third kappa shape index (κ3) is 5.12. The number of hydrogen-bond donors (Lipinski definition) is 0. The van der Waals surface area contributed by atoms with Crippen LogP contribution < -0.4 is 0 Å². The Morgan fingerprint density at radius 1 is 1.03 bits per heavy atom. The van der Waals surface area contributed by atoms with E-state index < -0.39 is 0 Å². The van der Waals surface area contributed by atoms with Crippen LogP contribution in [0.2, 0.25) is 10.0 Å².